The fourth-order valence-corrected chi connectivity index (χ4v) is 4.51. The third-order valence-electron chi connectivity index (χ3n) is 6.49. The summed E-state index contributed by atoms with van der Waals surface area (Å²) >= 11 is 6.50. The van der Waals surface area contributed by atoms with Crippen molar-refractivity contribution in [2.45, 2.75) is 32.7 Å². The molecule has 0 atom stereocenters. The Hall–Kier alpha value is -3.50. The Morgan fingerprint density at radius 2 is 1.76 bits per heavy atom. The van der Waals surface area contributed by atoms with Crippen molar-refractivity contribution < 1.29 is 0 Å². The predicted molar refractivity (Wildman–Crippen MR) is 149 cm³/mol. The molecule has 1 aliphatic rings. The molecule has 5 rings (SSSR count). The number of rotatable bonds is 6. The van der Waals surface area contributed by atoms with Gasteiger partial charge >= 0.3 is 0 Å². The number of aromatic nitrogens is 6. The van der Waals surface area contributed by atoms with Crippen LogP contribution in [0.3, 0.4) is 0 Å². The van der Waals surface area contributed by atoms with Crippen LogP contribution in [-0.2, 0) is 19.0 Å². The minimum absolute atomic E-state index is 0.0150. The minimum atomic E-state index is -0.0150. The largest absolute Gasteiger partial charge is 0.366 e. The van der Waals surface area contributed by atoms with Gasteiger partial charge in [0.1, 0.15) is 23.2 Å². The van der Waals surface area contributed by atoms with Gasteiger partial charge in [0.05, 0.1) is 11.9 Å². The number of aryl methyl sites for hydroxylation is 1. The van der Waals surface area contributed by atoms with Crippen LogP contribution in [0.15, 0.2) is 36.8 Å². The van der Waals surface area contributed by atoms with Crippen molar-refractivity contribution in [1.29, 1.82) is 0 Å². The molecule has 194 valence electrons. The highest BCUT2D eigenvalue weighted by atomic mass is 35.5. The zero-order valence-corrected chi connectivity index (χ0v) is 22.7. The molecule has 1 aliphatic heterocycles. The molecular weight excluding hydrogens is 488 g/mol. The fraction of sp³-hybridized carbons (Fsp3) is 0.423. The SMILES string of the molecule is CN1CCN(c2ncc3ncnc(Nc4cc(Cl)cc(CNc5cc(C(C)(C)C)nn5C)c4)c3n2)CC1. The first-order valence-corrected chi connectivity index (χ1v) is 12.8. The molecule has 0 radical (unpaired) electrons. The van der Waals surface area contributed by atoms with Crippen molar-refractivity contribution in [3.05, 3.63) is 53.1 Å². The van der Waals surface area contributed by atoms with Crippen LogP contribution in [0.2, 0.25) is 5.02 Å². The maximum Gasteiger partial charge on any atom is 0.226 e. The lowest BCUT2D eigenvalue weighted by Crippen LogP contribution is -2.45. The van der Waals surface area contributed by atoms with Gasteiger partial charge in [-0.25, -0.2) is 19.9 Å². The Morgan fingerprint density at radius 3 is 2.49 bits per heavy atom. The zero-order chi connectivity index (χ0) is 26.2. The predicted octanol–water partition coefficient (Wildman–Crippen LogP) is 4.21. The van der Waals surface area contributed by atoms with Gasteiger partial charge in [0.2, 0.25) is 5.95 Å². The van der Waals surface area contributed by atoms with E-state index in [1.54, 1.807) is 6.20 Å². The van der Waals surface area contributed by atoms with Crippen molar-refractivity contribution in [2.24, 2.45) is 7.05 Å². The fourth-order valence-electron chi connectivity index (χ4n) is 4.25. The number of likely N-dealkylation sites (N-methyl/N-ethyl adjacent to an activating group) is 1. The van der Waals surface area contributed by atoms with Crippen LogP contribution in [0, 0.1) is 0 Å². The van der Waals surface area contributed by atoms with E-state index in [9.17, 15) is 0 Å². The Balaban J connectivity index is 1.36. The summed E-state index contributed by atoms with van der Waals surface area (Å²) in [7, 11) is 4.07. The van der Waals surface area contributed by atoms with E-state index in [4.69, 9.17) is 16.6 Å². The van der Waals surface area contributed by atoms with Gasteiger partial charge < -0.3 is 20.4 Å². The summed E-state index contributed by atoms with van der Waals surface area (Å²) in [5.74, 6) is 2.26. The van der Waals surface area contributed by atoms with Gasteiger partial charge in [0, 0.05) is 62.0 Å². The smallest absolute Gasteiger partial charge is 0.226 e. The van der Waals surface area contributed by atoms with E-state index in [1.807, 2.05) is 23.9 Å². The van der Waals surface area contributed by atoms with Gasteiger partial charge in [-0.1, -0.05) is 32.4 Å². The van der Waals surface area contributed by atoms with Gasteiger partial charge in [-0.15, -0.1) is 0 Å². The lowest BCUT2D eigenvalue weighted by atomic mass is 9.92. The van der Waals surface area contributed by atoms with Gasteiger partial charge in [-0.2, -0.15) is 5.10 Å². The standard InChI is InChI=1S/C26H33ClN10/c1-26(2,3)21-13-22(36(5)34-21)28-14-17-10-18(27)12-19(11-17)32-24-23-20(30-16-31-24)15-29-25(33-23)37-8-6-35(4)7-9-37/h10-13,15-16,28H,6-9,14H2,1-5H3,(H,30,31,32). The van der Waals surface area contributed by atoms with Gasteiger partial charge in [-0.3, -0.25) is 4.68 Å². The highest BCUT2D eigenvalue weighted by Gasteiger charge is 2.20. The molecule has 1 aromatic carbocycles. The maximum atomic E-state index is 6.50. The number of fused-ring (bicyclic) bond motifs is 1. The van der Waals surface area contributed by atoms with Crippen LogP contribution < -0.4 is 15.5 Å². The van der Waals surface area contributed by atoms with Gasteiger partial charge in [0.25, 0.3) is 0 Å². The second-order valence-electron chi connectivity index (χ2n) is 10.5. The van der Waals surface area contributed by atoms with Crippen molar-refractivity contribution in [2.75, 3.05) is 48.8 Å². The Bertz CT molecular complexity index is 1400. The summed E-state index contributed by atoms with van der Waals surface area (Å²) < 4.78 is 1.87. The van der Waals surface area contributed by atoms with E-state index in [2.05, 4.69) is 80.4 Å². The number of nitrogens with zero attached hydrogens (tertiary/aromatic N) is 8. The number of piperazine rings is 1. The van der Waals surface area contributed by atoms with Crippen molar-refractivity contribution in [1.82, 2.24) is 34.6 Å². The summed E-state index contributed by atoms with van der Waals surface area (Å²) in [5.41, 5.74) is 4.24. The molecule has 4 heterocycles. The first-order valence-electron chi connectivity index (χ1n) is 12.4. The molecular formula is C26H33ClN10. The minimum Gasteiger partial charge on any atom is -0.366 e. The molecule has 0 unspecified atom stereocenters. The summed E-state index contributed by atoms with van der Waals surface area (Å²) in [6.07, 6.45) is 3.28. The average molecular weight is 521 g/mol. The number of hydrogen-bond donors (Lipinski definition) is 2. The molecule has 10 nitrogen and oxygen atoms in total. The molecule has 4 aromatic rings. The Kier molecular flexibility index (Phi) is 6.87. The van der Waals surface area contributed by atoms with E-state index < -0.39 is 0 Å². The zero-order valence-electron chi connectivity index (χ0n) is 22.0. The normalized spacial score (nSPS) is 14.8. The maximum absolute atomic E-state index is 6.50. The van der Waals surface area contributed by atoms with Crippen LogP contribution in [0.4, 0.5) is 23.3 Å². The summed E-state index contributed by atoms with van der Waals surface area (Å²) in [6.45, 7) is 10.8. The molecule has 11 heteroatoms. The third kappa shape index (κ3) is 5.75. The number of nitrogens with one attached hydrogen (secondary N) is 2. The number of anilines is 4. The van der Waals surface area contributed by atoms with Gasteiger partial charge in [0.15, 0.2) is 5.82 Å². The average Bonchev–Trinajstić information content (AvgIpc) is 3.24. The Morgan fingerprint density at radius 1 is 0.973 bits per heavy atom. The Labute approximate surface area is 222 Å². The quantitative estimate of drug-likeness (QED) is 0.387. The number of benzene rings is 1. The molecule has 0 bridgehead atoms. The first kappa shape index (κ1) is 25.2. The molecule has 1 fully saturated rings. The van der Waals surface area contributed by atoms with Crippen LogP contribution in [0.1, 0.15) is 32.0 Å². The molecule has 1 saturated heterocycles. The molecule has 0 amide bonds. The van der Waals surface area contributed by atoms with Crippen LogP contribution in [0.25, 0.3) is 11.0 Å². The van der Waals surface area contributed by atoms with Crippen molar-refractivity contribution in [3.63, 3.8) is 0 Å². The van der Waals surface area contributed by atoms with Gasteiger partial charge in [-0.05, 0) is 30.8 Å². The van der Waals surface area contributed by atoms with Crippen molar-refractivity contribution in [3.8, 4) is 0 Å². The molecule has 2 N–H and O–H groups in total. The number of halogens is 1. The highest BCUT2D eigenvalue weighted by molar-refractivity contribution is 6.31. The topological polar surface area (TPSA) is 99.9 Å². The second kappa shape index (κ2) is 10.1. The van der Waals surface area contributed by atoms with E-state index in [-0.39, 0.29) is 5.41 Å². The third-order valence-corrected chi connectivity index (χ3v) is 6.71. The lowest BCUT2D eigenvalue weighted by molar-refractivity contribution is 0.311. The van der Waals surface area contributed by atoms with E-state index >= 15 is 0 Å². The summed E-state index contributed by atoms with van der Waals surface area (Å²) in [6, 6.07) is 7.97. The molecule has 0 spiro atoms. The van der Waals surface area contributed by atoms with Crippen LogP contribution in [0.5, 0.6) is 0 Å². The van der Waals surface area contributed by atoms with E-state index in [0.29, 0.717) is 34.4 Å². The summed E-state index contributed by atoms with van der Waals surface area (Å²) in [4.78, 5) is 22.7. The van der Waals surface area contributed by atoms with Crippen LogP contribution >= 0.6 is 11.6 Å². The van der Waals surface area contributed by atoms with Crippen molar-refractivity contribution >= 4 is 45.9 Å². The monoisotopic (exact) mass is 520 g/mol. The van der Waals surface area contributed by atoms with E-state index in [0.717, 1.165) is 48.9 Å². The van der Waals surface area contributed by atoms with Crippen LogP contribution in [-0.4, -0.2) is 67.8 Å². The molecule has 37 heavy (non-hydrogen) atoms. The highest BCUT2D eigenvalue weighted by Crippen LogP contribution is 2.27. The molecule has 0 aliphatic carbocycles. The lowest BCUT2D eigenvalue weighted by Gasteiger charge is -2.32. The summed E-state index contributed by atoms with van der Waals surface area (Å²) in [5, 5.41) is 12.2. The molecule has 0 saturated carbocycles. The van der Waals surface area contributed by atoms with E-state index in [1.165, 1.54) is 6.33 Å². The number of hydrogen-bond acceptors (Lipinski definition) is 9. The molecule has 3 aromatic heterocycles. The first-order chi connectivity index (χ1) is 17.7. The second-order valence-corrected chi connectivity index (χ2v) is 11.0.